The van der Waals surface area contributed by atoms with Gasteiger partial charge in [-0.15, -0.1) is 0 Å². The zero-order valence-electron chi connectivity index (χ0n) is 11.3. The van der Waals surface area contributed by atoms with Crippen LogP contribution in [0.25, 0.3) is 0 Å². The Labute approximate surface area is 109 Å². The van der Waals surface area contributed by atoms with Gasteiger partial charge in [-0.1, -0.05) is 26.0 Å². The molecule has 0 fully saturated rings. The van der Waals surface area contributed by atoms with E-state index in [-0.39, 0.29) is 12.6 Å². The molecule has 3 nitrogen and oxygen atoms in total. The molecular formula is C15H23NO2. The molecule has 0 amide bonds. The first-order chi connectivity index (χ1) is 8.78. The highest BCUT2D eigenvalue weighted by Gasteiger charge is 2.17. The van der Waals surface area contributed by atoms with Crippen molar-refractivity contribution in [1.29, 1.82) is 0 Å². The number of aliphatic hydroxyl groups excluding tert-OH is 1. The van der Waals surface area contributed by atoms with E-state index in [1.54, 1.807) is 0 Å². The Morgan fingerprint density at radius 2 is 2.17 bits per heavy atom. The lowest BCUT2D eigenvalue weighted by Crippen LogP contribution is -2.34. The molecule has 0 saturated heterocycles. The van der Waals surface area contributed by atoms with Gasteiger partial charge in [0.1, 0.15) is 5.75 Å². The highest BCUT2D eigenvalue weighted by molar-refractivity contribution is 5.40. The molecule has 0 spiro atoms. The lowest BCUT2D eigenvalue weighted by Gasteiger charge is -2.23. The van der Waals surface area contributed by atoms with Crippen molar-refractivity contribution < 1.29 is 9.84 Å². The number of benzene rings is 1. The molecule has 1 aliphatic rings. The summed E-state index contributed by atoms with van der Waals surface area (Å²) in [6.07, 6.45) is 2.98. The fraction of sp³-hybridized carbons (Fsp3) is 0.600. The van der Waals surface area contributed by atoms with E-state index in [2.05, 4.69) is 37.4 Å². The fourth-order valence-corrected chi connectivity index (χ4v) is 2.46. The summed E-state index contributed by atoms with van der Waals surface area (Å²) in [5, 5.41) is 12.8. The third kappa shape index (κ3) is 2.85. The zero-order valence-corrected chi connectivity index (χ0v) is 11.3. The van der Waals surface area contributed by atoms with Crippen molar-refractivity contribution in [2.45, 2.75) is 45.2 Å². The summed E-state index contributed by atoms with van der Waals surface area (Å²) in [4.78, 5) is 0. The minimum atomic E-state index is 0.180. The first-order valence-corrected chi connectivity index (χ1v) is 6.91. The molecular weight excluding hydrogens is 226 g/mol. The van der Waals surface area contributed by atoms with Crippen LogP contribution in [0.15, 0.2) is 18.2 Å². The van der Waals surface area contributed by atoms with E-state index in [0.717, 1.165) is 31.6 Å². The van der Waals surface area contributed by atoms with E-state index in [1.807, 2.05) is 0 Å². The van der Waals surface area contributed by atoms with Gasteiger partial charge in [-0.05, 0) is 30.0 Å². The van der Waals surface area contributed by atoms with Gasteiger partial charge in [0.25, 0.3) is 0 Å². The Bertz CT molecular complexity index is 388. The average Bonchev–Trinajstić information content (AvgIpc) is 2.87. The SMILES string of the molecule is CCC(CO)NC(CC)c1ccc2c(c1)CCO2. The Morgan fingerprint density at radius 1 is 1.33 bits per heavy atom. The summed E-state index contributed by atoms with van der Waals surface area (Å²) < 4.78 is 5.53. The van der Waals surface area contributed by atoms with Crippen LogP contribution in [0, 0.1) is 0 Å². The maximum absolute atomic E-state index is 9.29. The molecule has 3 heteroatoms. The monoisotopic (exact) mass is 249 g/mol. The first-order valence-electron chi connectivity index (χ1n) is 6.91. The summed E-state index contributed by atoms with van der Waals surface area (Å²) in [7, 11) is 0. The van der Waals surface area contributed by atoms with Crippen LogP contribution in [0.4, 0.5) is 0 Å². The van der Waals surface area contributed by atoms with Crippen molar-refractivity contribution in [2.75, 3.05) is 13.2 Å². The van der Waals surface area contributed by atoms with Crippen LogP contribution in [-0.4, -0.2) is 24.4 Å². The van der Waals surface area contributed by atoms with E-state index >= 15 is 0 Å². The normalized spacial score (nSPS) is 17.1. The van der Waals surface area contributed by atoms with Gasteiger partial charge >= 0.3 is 0 Å². The van der Waals surface area contributed by atoms with Crippen molar-refractivity contribution >= 4 is 0 Å². The predicted molar refractivity (Wildman–Crippen MR) is 73.0 cm³/mol. The lowest BCUT2D eigenvalue weighted by atomic mass is 9.99. The van der Waals surface area contributed by atoms with Crippen LogP contribution in [-0.2, 0) is 6.42 Å². The topological polar surface area (TPSA) is 41.5 Å². The molecule has 1 aromatic carbocycles. The summed E-state index contributed by atoms with van der Waals surface area (Å²) in [5.41, 5.74) is 2.61. The second kappa shape index (κ2) is 6.21. The van der Waals surface area contributed by atoms with Gasteiger partial charge in [0.2, 0.25) is 0 Å². The number of ether oxygens (including phenoxy) is 1. The van der Waals surface area contributed by atoms with E-state index in [4.69, 9.17) is 4.74 Å². The van der Waals surface area contributed by atoms with Crippen molar-refractivity contribution in [3.63, 3.8) is 0 Å². The van der Waals surface area contributed by atoms with E-state index in [1.165, 1.54) is 11.1 Å². The maximum atomic E-state index is 9.29. The lowest BCUT2D eigenvalue weighted by molar-refractivity contribution is 0.226. The molecule has 1 aromatic rings. The minimum Gasteiger partial charge on any atom is -0.493 e. The summed E-state index contributed by atoms with van der Waals surface area (Å²) in [6.45, 7) is 5.26. The van der Waals surface area contributed by atoms with Gasteiger partial charge in [0, 0.05) is 18.5 Å². The van der Waals surface area contributed by atoms with Gasteiger partial charge < -0.3 is 15.2 Å². The van der Waals surface area contributed by atoms with Gasteiger partial charge in [-0.3, -0.25) is 0 Å². The van der Waals surface area contributed by atoms with Gasteiger partial charge in [0.05, 0.1) is 13.2 Å². The number of rotatable bonds is 6. The van der Waals surface area contributed by atoms with Crippen LogP contribution in [0.3, 0.4) is 0 Å². The average molecular weight is 249 g/mol. The largest absolute Gasteiger partial charge is 0.493 e. The van der Waals surface area contributed by atoms with Gasteiger partial charge in [0.15, 0.2) is 0 Å². The Kier molecular flexibility index (Phi) is 4.61. The molecule has 2 N–H and O–H groups in total. The quantitative estimate of drug-likeness (QED) is 0.813. The predicted octanol–water partition coefficient (Wildman–Crippen LogP) is 2.43. The number of hydrogen-bond donors (Lipinski definition) is 2. The molecule has 0 radical (unpaired) electrons. The standard InChI is InChI=1S/C15H23NO2/c1-3-13(10-17)16-14(4-2)11-5-6-15-12(9-11)7-8-18-15/h5-6,9,13-14,16-17H,3-4,7-8,10H2,1-2H3. The smallest absolute Gasteiger partial charge is 0.122 e. The summed E-state index contributed by atoms with van der Waals surface area (Å²) >= 11 is 0. The number of hydrogen-bond acceptors (Lipinski definition) is 3. The van der Waals surface area contributed by atoms with Crippen molar-refractivity contribution in [3.05, 3.63) is 29.3 Å². The molecule has 1 aliphatic heterocycles. The zero-order chi connectivity index (χ0) is 13.0. The highest BCUT2D eigenvalue weighted by Crippen LogP contribution is 2.29. The van der Waals surface area contributed by atoms with Gasteiger partial charge in [-0.25, -0.2) is 0 Å². The second-order valence-electron chi connectivity index (χ2n) is 4.88. The molecule has 0 aromatic heterocycles. The van der Waals surface area contributed by atoms with Crippen LogP contribution in [0.2, 0.25) is 0 Å². The van der Waals surface area contributed by atoms with E-state index in [9.17, 15) is 5.11 Å². The Hall–Kier alpha value is -1.06. The molecule has 18 heavy (non-hydrogen) atoms. The minimum absolute atomic E-state index is 0.180. The third-order valence-corrected chi connectivity index (χ3v) is 3.67. The fourth-order valence-electron chi connectivity index (χ4n) is 2.46. The van der Waals surface area contributed by atoms with Crippen LogP contribution in [0.5, 0.6) is 5.75 Å². The third-order valence-electron chi connectivity index (χ3n) is 3.67. The summed E-state index contributed by atoms with van der Waals surface area (Å²) in [5.74, 6) is 1.03. The van der Waals surface area contributed by atoms with Crippen molar-refractivity contribution in [1.82, 2.24) is 5.32 Å². The Balaban J connectivity index is 2.12. The molecule has 0 aliphatic carbocycles. The van der Waals surface area contributed by atoms with Gasteiger partial charge in [-0.2, -0.15) is 0 Å². The van der Waals surface area contributed by atoms with Crippen LogP contribution in [0.1, 0.15) is 43.9 Å². The highest BCUT2D eigenvalue weighted by atomic mass is 16.5. The van der Waals surface area contributed by atoms with Crippen molar-refractivity contribution in [3.8, 4) is 5.75 Å². The molecule has 2 atom stereocenters. The number of nitrogens with one attached hydrogen (secondary N) is 1. The second-order valence-corrected chi connectivity index (χ2v) is 4.88. The van der Waals surface area contributed by atoms with Crippen LogP contribution >= 0.6 is 0 Å². The van der Waals surface area contributed by atoms with Crippen molar-refractivity contribution in [2.24, 2.45) is 0 Å². The Morgan fingerprint density at radius 3 is 2.83 bits per heavy atom. The number of aliphatic hydroxyl groups is 1. The molecule has 0 saturated carbocycles. The summed E-state index contributed by atoms with van der Waals surface area (Å²) in [6, 6.07) is 6.94. The first kappa shape index (κ1) is 13.4. The molecule has 2 unspecified atom stereocenters. The maximum Gasteiger partial charge on any atom is 0.122 e. The molecule has 100 valence electrons. The number of fused-ring (bicyclic) bond motifs is 1. The molecule has 2 rings (SSSR count). The van der Waals surface area contributed by atoms with E-state index in [0.29, 0.717) is 6.04 Å². The van der Waals surface area contributed by atoms with Crippen LogP contribution < -0.4 is 10.1 Å². The van der Waals surface area contributed by atoms with E-state index < -0.39 is 0 Å². The molecule has 1 heterocycles. The molecule has 0 bridgehead atoms.